The number of methoxy groups -OCH3 is 2. The Balaban J connectivity index is 2.07. The minimum atomic E-state index is -0.152. The van der Waals surface area contributed by atoms with Crippen LogP contribution < -0.4 is 10.1 Å². The molecule has 1 aromatic carbocycles. The molecule has 4 heteroatoms. The maximum Gasteiger partial charge on any atom is 0.305 e. The third kappa shape index (κ3) is 2.52. The van der Waals surface area contributed by atoms with Gasteiger partial charge < -0.3 is 14.8 Å². The zero-order valence-electron chi connectivity index (χ0n) is 10.2. The van der Waals surface area contributed by atoms with E-state index < -0.39 is 0 Å². The minimum Gasteiger partial charge on any atom is -0.497 e. The molecule has 4 nitrogen and oxygen atoms in total. The van der Waals surface area contributed by atoms with Crippen molar-refractivity contribution in [3.05, 3.63) is 23.8 Å². The second-order valence-electron chi connectivity index (χ2n) is 4.15. The van der Waals surface area contributed by atoms with E-state index in [1.165, 1.54) is 12.7 Å². The van der Waals surface area contributed by atoms with E-state index in [0.717, 1.165) is 24.4 Å². The van der Waals surface area contributed by atoms with Gasteiger partial charge in [0.25, 0.3) is 0 Å². The average Bonchev–Trinajstić information content (AvgIpc) is 2.78. The number of rotatable bonds is 4. The van der Waals surface area contributed by atoms with Crippen LogP contribution in [0, 0.1) is 0 Å². The van der Waals surface area contributed by atoms with Gasteiger partial charge >= 0.3 is 5.97 Å². The summed E-state index contributed by atoms with van der Waals surface area (Å²) in [5.41, 5.74) is 2.37. The second-order valence-corrected chi connectivity index (χ2v) is 4.15. The van der Waals surface area contributed by atoms with E-state index in [-0.39, 0.29) is 5.97 Å². The van der Waals surface area contributed by atoms with Crippen LogP contribution in [0.5, 0.6) is 5.75 Å². The number of hydrogen-bond acceptors (Lipinski definition) is 4. The molecule has 17 heavy (non-hydrogen) atoms. The molecule has 1 aliphatic rings. The van der Waals surface area contributed by atoms with E-state index in [4.69, 9.17) is 4.74 Å². The summed E-state index contributed by atoms with van der Waals surface area (Å²) in [5, 5.41) is 3.34. The van der Waals surface area contributed by atoms with Gasteiger partial charge in [-0.25, -0.2) is 0 Å². The van der Waals surface area contributed by atoms with Crippen LogP contribution in [-0.4, -0.2) is 26.7 Å². The van der Waals surface area contributed by atoms with Gasteiger partial charge in [0.15, 0.2) is 0 Å². The summed E-state index contributed by atoms with van der Waals surface area (Å²) in [6, 6.07) is 6.00. The number of carbonyl (C=O) groups is 1. The topological polar surface area (TPSA) is 47.6 Å². The van der Waals surface area contributed by atoms with Crippen LogP contribution >= 0.6 is 0 Å². The van der Waals surface area contributed by atoms with Crippen LogP contribution in [-0.2, 0) is 9.53 Å². The van der Waals surface area contributed by atoms with Gasteiger partial charge in [0.05, 0.1) is 14.2 Å². The van der Waals surface area contributed by atoms with Crippen molar-refractivity contribution < 1.29 is 14.3 Å². The Hall–Kier alpha value is -1.71. The lowest BCUT2D eigenvalue weighted by atomic mass is 9.96. The van der Waals surface area contributed by atoms with Crippen LogP contribution in [0.15, 0.2) is 18.2 Å². The summed E-state index contributed by atoms with van der Waals surface area (Å²) >= 11 is 0. The number of nitrogens with one attached hydrogen (secondary N) is 1. The van der Waals surface area contributed by atoms with Gasteiger partial charge in [-0.05, 0) is 30.2 Å². The maximum atomic E-state index is 11.1. The highest BCUT2D eigenvalue weighted by atomic mass is 16.5. The van der Waals surface area contributed by atoms with Crippen molar-refractivity contribution in [3.63, 3.8) is 0 Å². The lowest BCUT2D eigenvalue weighted by Gasteiger charge is -2.10. The number of fused-ring (bicyclic) bond motifs is 1. The molecule has 0 radical (unpaired) electrons. The number of ether oxygens (including phenoxy) is 2. The molecule has 1 aliphatic heterocycles. The first-order chi connectivity index (χ1) is 8.24. The Morgan fingerprint density at radius 1 is 1.47 bits per heavy atom. The quantitative estimate of drug-likeness (QED) is 0.812. The Bertz CT molecular complexity index is 417. The lowest BCUT2D eigenvalue weighted by Crippen LogP contribution is -2.07. The largest absolute Gasteiger partial charge is 0.497 e. The molecule has 0 aromatic heterocycles. The molecular weight excluding hydrogens is 218 g/mol. The van der Waals surface area contributed by atoms with Gasteiger partial charge in [-0.3, -0.25) is 4.79 Å². The van der Waals surface area contributed by atoms with Gasteiger partial charge in [-0.15, -0.1) is 0 Å². The first-order valence-corrected chi connectivity index (χ1v) is 5.73. The number of hydrogen-bond donors (Lipinski definition) is 1. The van der Waals surface area contributed by atoms with Gasteiger partial charge in [0.1, 0.15) is 5.75 Å². The smallest absolute Gasteiger partial charge is 0.305 e. The molecule has 92 valence electrons. The number of carbonyl (C=O) groups excluding carboxylic acids is 1. The van der Waals surface area contributed by atoms with Crippen molar-refractivity contribution in [1.82, 2.24) is 0 Å². The number of benzene rings is 1. The zero-order valence-corrected chi connectivity index (χ0v) is 10.2. The second kappa shape index (κ2) is 5.08. The van der Waals surface area contributed by atoms with Gasteiger partial charge in [-0.2, -0.15) is 0 Å². The Morgan fingerprint density at radius 2 is 2.29 bits per heavy atom. The molecule has 0 saturated carbocycles. The van der Waals surface area contributed by atoms with Gasteiger partial charge in [0, 0.05) is 24.6 Å². The maximum absolute atomic E-state index is 11.1. The van der Waals surface area contributed by atoms with Crippen LogP contribution in [0.1, 0.15) is 24.3 Å². The summed E-state index contributed by atoms with van der Waals surface area (Å²) in [4.78, 5) is 11.1. The fraction of sp³-hybridized carbons (Fsp3) is 0.462. The molecule has 0 spiro atoms. The van der Waals surface area contributed by atoms with E-state index in [1.54, 1.807) is 7.11 Å². The molecule has 0 aliphatic carbocycles. The predicted octanol–water partition coefficient (Wildman–Crippen LogP) is 2.16. The van der Waals surface area contributed by atoms with Crippen molar-refractivity contribution in [1.29, 1.82) is 0 Å². The van der Waals surface area contributed by atoms with Crippen molar-refractivity contribution in [3.8, 4) is 5.75 Å². The first-order valence-electron chi connectivity index (χ1n) is 5.73. The first kappa shape index (κ1) is 11.8. The van der Waals surface area contributed by atoms with Crippen LogP contribution in [0.3, 0.4) is 0 Å². The summed E-state index contributed by atoms with van der Waals surface area (Å²) in [6.07, 6.45) is 1.26. The molecule has 1 aromatic rings. The van der Waals surface area contributed by atoms with Crippen molar-refractivity contribution >= 4 is 11.7 Å². The fourth-order valence-corrected chi connectivity index (χ4v) is 2.16. The van der Waals surface area contributed by atoms with Crippen molar-refractivity contribution in [2.24, 2.45) is 0 Å². The van der Waals surface area contributed by atoms with Crippen LogP contribution in [0.4, 0.5) is 5.69 Å². The minimum absolute atomic E-state index is 0.152. The Labute approximate surface area is 101 Å². The number of esters is 1. The highest BCUT2D eigenvalue weighted by Crippen LogP contribution is 2.36. The molecule has 2 rings (SSSR count). The Kier molecular flexibility index (Phi) is 3.52. The monoisotopic (exact) mass is 235 g/mol. The highest BCUT2D eigenvalue weighted by molar-refractivity contribution is 5.69. The Morgan fingerprint density at radius 3 is 3.00 bits per heavy atom. The van der Waals surface area contributed by atoms with Crippen LogP contribution in [0.25, 0.3) is 0 Å². The highest BCUT2D eigenvalue weighted by Gasteiger charge is 2.23. The SMILES string of the molecule is COC(=O)CCC1CNc2ccc(OC)cc21. The van der Waals surface area contributed by atoms with Gasteiger partial charge in [0.2, 0.25) is 0 Å². The van der Waals surface area contributed by atoms with Crippen LogP contribution in [0.2, 0.25) is 0 Å². The summed E-state index contributed by atoms with van der Waals surface area (Å²) in [5.74, 6) is 1.07. The lowest BCUT2D eigenvalue weighted by molar-refractivity contribution is -0.140. The van der Waals surface area contributed by atoms with Gasteiger partial charge in [-0.1, -0.05) is 0 Å². The summed E-state index contributed by atoms with van der Waals surface area (Å²) in [7, 11) is 3.08. The molecule has 1 atom stereocenters. The van der Waals surface area contributed by atoms with E-state index in [1.807, 2.05) is 18.2 Å². The molecule has 0 saturated heterocycles. The average molecular weight is 235 g/mol. The molecule has 0 bridgehead atoms. The predicted molar refractivity (Wildman–Crippen MR) is 65.5 cm³/mol. The van der Waals surface area contributed by atoms with E-state index in [9.17, 15) is 4.79 Å². The van der Waals surface area contributed by atoms with E-state index in [2.05, 4.69) is 10.1 Å². The summed E-state index contributed by atoms with van der Waals surface area (Å²) in [6.45, 7) is 0.874. The summed E-state index contributed by atoms with van der Waals surface area (Å²) < 4.78 is 9.87. The third-order valence-electron chi connectivity index (χ3n) is 3.16. The molecule has 1 unspecified atom stereocenters. The van der Waals surface area contributed by atoms with Crippen molar-refractivity contribution in [2.45, 2.75) is 18.8 Å². The molecule has 1 N–H and O–H groups in total. The molecule has 0 fully saturated rings. The molecule has 1 heterocycles. The normalized spacial score (nSPS) is 17.2. The third-order valence-corrected chi connectivity index (χ3v) is 3.16. The number of anilines is 1. The van der Waals surface area contributed by atoms with E-state index >= 15 is 0 Å². The fourth-order valence-electron chi connectivity index (χ4n) is 2.16. The van der Waals surface area contributed by atoms with Crippen molar-refractivity contribution in [2.75, 3.05) is 26.1 Å². The van der Waals surface area contributed by atoms with E-state index in [0.29, 0.717) is 12.3 Å². The molecular formula is C13H17NO3. The molecule has 0 amide bonds. The standard InChI is InChI=1S/C13H17NO3/c1-16-10-4-5-12-11(7-10)9(8-14-12)3-6-13(15)17-2/h4-5,7,9,14H,3,6,8H2,1-2H3. The zero-order chi connectivity index (χ0) is 12.3.